The van der Waals surface area contributed by atoms with Gasteiger partial charge in [-0.3, -0.25) is 0 Å². The van der Waals surface area contributed by atoms with E-state index >= 15 is 0 Å². The zero-order valence-corrected chi connectivity index (χ0v) is 10.2. The number of fused-ring (bicyclic) bond motifs is 1. The van der Waals surface area contributed by atoms with Crippen LogP contribution in [0.2, 0.25) is 0 Å². The summed E-state index contributed by atoms with van der Waals surface area (Å²) < 4.78 is 0. The molecule has 0 saturated heterocycles. The largest absolute Gasteiger partial charge is 0.309 e. The Labute approximate surface area is 95.9 Å². The second kappa shape index (κ2) is 3.91. The zero-order valence-electron chi connectivity index (χ0n) is 9.38. The minimum Gasteiger partial charge on any atom is -0.309 e. The fraction of sp³-hybridized carbons (Fsp3) is 0.692. The molecular formula is C13H19NS. The minimum absolute atomic E-state index is 0.672. The Bertz CT molecular complexity index is 330. The summed E-state index contributed by atoms with van der Waals surface area (Å²) in [6.45, 7) is 3.32. The molecule has 1 heterocycles. The SMILES string of the molecule is CCNC(c1cc2c(s1)CCC2)C1CC1. The minimum atomic E-state index is 0.672. The van der Waals surface area contributed by atoms with Gasteiger partial charge in [0, 0.05) is 15.8 Å². The average Bonchev–Trinajstić information content (AvgIpc) is 2.82. The lowest BCUT2D eigenvalue weighted by molar-refractivity contribution is 0.503. The van der Waals surface area contributed by atoms with Gasteiger partial charge in [-0.25, -0.2) is 0 Å². The molecule has 0 radical (unpaired) electrons. The van der Waals surface area contributed by atoms with Gasteiger partial charge in [-0.05, 0) is 56.2 Å². The van der Waals surface area contributed by atoms with E-state index in [2.05, 4.69) is 29.6 Å². The lowest BCUT2D eigenvalue weighted by Gasteiger charge is -2.15. The third-order valence-corrected chi connectivity index (χ3v) is 4.91. The molecule has 1 nitrogen and oxygen atoms in total. The number of aryl methyl sites for hydroxylation is 2. The molecule has 0 amide bonds. The maximum absolute atomic E-state index is 3.66. The highest BCUT2D eigenvalue weighted by atomic mass is 32.1. The van der Waals surface area contributed by atoms with E-state index in [0.29, 0.717) is 6.04 Å². The molecule has 1 aromatic rings. The number of hydrogen-bond donors (Lipinski definition) is 1. The van der Waals surface area contributed by atoms with Crippen LogP contribution in [0.1, 0.15) is 47.5 Å². The van der Waals surface area contributed by atoms with Gasteiger partial charge in [0.1, 0.15) is 0 Å². The molecule has 1 fully saturated rings. The molecule has 0 bridgehead atoms. The molecule has 0 aliphatic heterocycles. The average molecular weight is 221 g/mol. The second-order valence-corrected chi connectivity index (χ2v) is 5.99. The summed E-state index contributed by atoms with van der Waals surface area (Å²) in [6.07, 6.45) is 6.91. The van der Waals surface area contributed by atoms with Crippen molar-refractivity contribution in [1.82, 2.24) is 5.32 Å². The number of hydrogen-bond acceptors (Lipinski definition) is 2. The van der Waals surface area contributed by atoms with Gasteiger partial charge in [0.05, 0.1) is 0 Å². The quantitative estimate of drug-likeness (QED) is 0.822. The van der Waals surface area contributed by atoms with E-state index in [4.69, 9.17) is 0 Å². The van der Waals surface area contributed by atoms with Crippen LogP contribution in [0, 0.1) is 5.92 Å². The first kappa shape index (κ1) is 9.86. The van der Waals surface area contributed by atoms with Crippen LogP contribution >= 0.6 is 11.3 Å². The lowest BCUT2D eigenvalue weighted by atomic mass is 10.1. The summed E-state index contributed by atoms with van der Waals surface area (Å²) >= 11 is 2.08. The Kier molecular flexibility index (Phi) is 2.57. The van der Waals surface area contributed by atoms with E-state index in [1.54, 1.807) is 15.3 Å². The number of nitrogens with one attached hydrogen (secondary N) is 1. The Balaban J connectivity index is 1.82. The van der Waals surface area contributed by atoms with Crippen LogP contribution in [0.25, 0.3) is 0 Å². The molecule has 82 valence electrons. The molecule has 1 atom stereocenters. The highest BCUT2D eigenvalue weighted by Crippen LogP contribution is 2.44. The van der Waals surface area contributed by atoms with Crippen LogP contribution in [0.3, 0.4) is 0 Å². The third-order valence-electron chi connectivity index (χ3n) is 3.59. The standard InChI is InChI=1S/C13H19NS/c1-2-14-13(9-6-7-9)12-8-10-4-3-5-11(10)15-12/h8-9,13-14H,2-7H2,1H3. The predicted octanol–water partition coefficient (Wildman–Crippen LogP) is 3.30. The van der Waals surface area contributed by atoms with Crippen molar-refractivity contribution < 1.29 is 0 Å². The smallest absolute Gasteiger partial charge is 0.0443 e. The van der Waals surface area contributed by atoms with Crippen LogP contribution in [0.4, 0.5) is 0 Å². The molecule has 0 spiro atoms. The van der Waals surface area contributed by atoms with Crippen LogP contribution in [-0.2, 0) is 12.8 Å². The fourth-order valence-corrected chi connectivity index (χ4v) is 4.08. The van der Waals surface area contributed by atoms with Gasteiger partial charge in [-0.15, -0.1) is 11.3 Å². The molecule has 1 aromatic heterocycles. The Morgan fingerprint density at radius 2 is 2.33 bits per heavy atom. The van der Waals surface area contributed by atoms with Crippen LogP contribution in [0.5, 0.6) is 0 Å². The topological polar surface area (TPSA) is 12.0 Å². The monoisotopic (exact) mass is 221 g/mol. The van der Waals surface area contributed by atoms with Crippen molar-refractivity contribution in [2.75, 3.05) is 6.54 Å². The van der Waals surface area contributed by atoms with Gasteiger partial charge in [-0.2, -0.15) is 0 Å². The Morgan fingerprint density at radius 1 is 1.47 bits per heavy atom. The van der Waals surface area contributed by atoms with Crippen molar-refractivity contribution >= 4 is 11.3 Å². The highest BCUT2D eigenvalue weighted by Gasteiger charge is 2.33. The van der Waals surface area contributed by atoms with Gasteiger partial charge in [0.2, 0.25) is 0 Å². The molecule has 2 aliphatic rings. The molecule has 15 heavy (non-hydrogen) atoms. The van der Waals surface area contributed by atoms with Crippen LogP contribution < -0.4 is 5.32 Å². The van der Waals surface area contributed by atoms with Crippen molar-refractivity contribution in [2.24, 2.45) is 5.92 Å². The van der Waals surface area contributed by atoms with E-state index in [1.807, 2.05) is 0 Å². The number of rotatable bonds is 4. The van der Waals surface area contributed by atoms with Crippen LogP contribution in [-0.4, -0.2) is 6.54 Å². The van der Waals surface area contributed by atoms with E-state index in [9.17, 15) is 0 Å². The first-order chi connectivity index (χ1) is 7.38. The van der Waals surface area contributed by atoms with Crippen molar-refractivity contribution in [2.45, 2.75) is 45.1 Å². The van der Waals surface area contributed by atoms with Crippen molar-refractivity contribution in [3.05, 3.63) is 21.4 Å². The Morgan fingerprint density at radius 3 is 3.00 bits per heavy atom. The van der Waals surface area contributed by atoms with Crippen molar-refractivity contribution in [3.8, 4) is 0 Å². The highest BCUT2D eigenvalue weighted by molar-refractivity contribution is 7.12. The summed E-state index contributed by atoms with van der Waals surface area (Å²) in [6, 6.07) is 3.16. The summed E-state index contributed by atoms with van der Waals surface area (Å²) in [4.78, 5) is 3.29. The summed E-state index contributed by atoms with van der Waals surface area (Å²) in [5.41, 5.74) is 1.65. The molecule has 1 N–H and O–H groups in total. The van der Waals surface area contributed by atoms with E-state index < -0.39 is 0 Å². The maximum atomic E-state index is 3.66. The molecule has 0 aromatic carbocycles. The van der Waals surface area contributed by atoms with Gasteiger partial charge in [-0.1, -0.05) is 6.92 Å². The van der Waals surface area contributed by atoms with Gasteiger partial charge in [0.25, 0.3) is 0 Å². The van der Waals surface area contributed by atoms with Gasteiger partial charge in [0.15, 0.2) is 0 Å². The zero-order chi connectivity index (χ0) is 10.3. The first-order valence-corrected chi connectivity index (χ1v) is 7.05. The van der Waals surface area contributed by atoms with E-state index in [0.717, 1.165) is 12.5 Å². The first-order valence-electron chi connectivity index (χ1n) is 6.23. The molecule has 1 unspecified atom stereocenters. The fourth-order valence-electron chi connectivity index (χ4n) is 2.65. The number of thiophene rings is 1. The normalized spacial score (nSPS) is 21.7. The second-order valence-electron chi connectivity index (χ2n) is 4.82. The summed E-state index contributed by atoms with van der Waals surface area (Å²) in [7, 11) is 0. The summed E-state index contributed by atoms with van der Waals surface area (Å²) in [5.74, 6) is 0.934. The van der Waals surface area contributed by atoms with E-state index in [-0.39, 0.29) is 0 Å². The molecule has 2 aliphatic carbocycles. The predicted molar refractivity (Wildman–Crippen MR) is 65.5 cm³/mol. The molecule has 1 saturated carbocycles. The summed E-state index contributed by atoms with van der Waals surface area (Å²) in [5, 5.41) is 3.66. The third kappa shape index (κ3) is 1.85. The maximum Gasteiger partial charge on any atom is 0.0443 e. The lowest BCUT2D eigenvalue weighted by Crippen LogP contribution is -2.21. The molecular weight excluding hydrogens is 202 g/mol. The van der Waals surface area contributed by atoms with Gasteiger partial charge < -0.3 is 5.32 Å². The van der Waals surface area contributed by atoms with Gasteiger partial charge >= 0.3 is 0 Å². The van der Waals surface area contributed by atoms with Crippen molar-refractivity contribution in [3.63, 3.8) is 0 Å². The molecule has 3 rings (SSSR count). The Hall–Kier alpha value is -0.340. The van der Waals surface area contributed by atoms with Crippen molar-refractivity contribution in [1.29, 1.82) is 0 Å². The van der Waals surface area contributed by atoms with E-state index in [1.165, 1.54) is 32.1 Å². The van der Waals surface area contributed by atoms with Crippen LogP contribution in [0.15, 0.2) is 6.07 Å². The molecule has 2 heteroatoms.